The summed E-state index contributed by atoms with van der Waals surface area (Å²) in [5, 5.41) is 0. The first-order valence-corrected chi connectivity index (χ1v) is 11.6. The highest BCUT2D eigenvalue weighted by atomic mass is 19.4. The van der Waals surface area contributed by atoms with Gasteiger partial charge in [-0.1, -0.05) is 0 Å². The molecule has 0 amide bonds. The molecule has 0 aliphatic rings. The second kappa shape index (κ2) is 11.1. The molecule has 0 heterocycles. The fourth-order valence-electron chi connectivity index (χ4n) is 3.42. The Bertz CT molecular complexity index is 1220. The Kier molecular flexibility index (Phi) is 8.63. The maximum absolute atomic E-state index is 13.5. The third-order valence-corrected chi connectivity index (χ3v) is 6.00. The van der Waals surface area contributed by atoms with Gasteiger partial charge in [0.15, 0.2) is 0 Å². The molecule has 0 bridgehead atoms. The molecule has 0 N–H and O–H groups in total. The summed E-state index contributed by atoms with van der Waals surface area (Å²) >= 11 is 0. The molecule has 4 nitrogen and oxygen atoms in total. The van der Waals surface area contributed by atoms with E-state index in [1.807, 2.05) is 0 Å². The zero-order valence-electron chi connectivity index (χ0n) is 21.6. The molecule has 3 aromatic rings. The smallest absolute Gasteiger partial charge is 0.490 e. The van der Waals surface area contributed by atoms with E-state index in [0.29, 0.717) is 0 Å². The summed E-state index contributed by atoms with van der Waals surface area (Å²) in [7, 11) is 3.40. The summed E-state index contributed by atoms with van der Waals surface area (Å²) < 4.78 is 135. The monoisotopic (exact) mass is 580 g/mol. The average Bonchev–Trinajstić information content (AvgIpc) is 2.82. The van der Waals surface area contributed by atoms with Crippen LogP contribution in [0.2, 0.25) is 0 Å². The highest BCUT2D eigenvalue weighted by Crippen LogP contribution is 2.38. The first kappa shape index (κ1) is 31.0. The van der Waals surface area contributed by atoms with Crippen molar-refractivity contribution in [1.29, 1.82) is 0 Å². The van der Waals surface area contributed by atoms with E-state index in [1.165, 1.54) is 0 Å². The molecule has 0 spiro atoms. The lowest BCUT2D eigenvalue weighted by atomic mass is 10.0. The summed E-state index contributed by atoms with van der Waals surface area (Å²) in [6.07, 6.45) is -13.9. The second-order valence-electron chi connectivity index (χ2n) is 9.73. The summed E-state index contributed by atoms with van der Waals surface area (Å²) in [6, 6.07) is 8.95. The minimum Gasteiger partial charge on any atom is -0.490 e. The Morgan fingerprint density at radius 3 is 1.30 bits per heavy atom. The number of halogens is 9. The van der Waals surface area contributed by atoms with Gasteiger partial charge in [-0.15, -0.1) is 0 Å². The molecule has 0 aliphatic carbocycles. The van der Waals surface area contributed by atoms with Gasteiger partial charge in [0.1, 0.15) is 23.3 Å². The summed E-state index contributed by atoms with van der Waals surface area (Å²) in [4.78, 5) is 0. The van der Waals surface area contributed by atoms with Crippen molar-refractivity contribution in [3.63, 3.8) is 0 Å². The minimum atomic E-state index is -4.66. The third kappa shape index (κ3) is 7.99. The molecule has 3 rings (SSSR count). The van der Waals surface area contributed by atoms with Crippen LogP contribution < -0.4 is 14.0 Å². The molecule has 216 valence electrons. The normalized spacial score (nSPS) is 13.5. The Hall–Kier alpha value is -3.55. The van der Waals surface area contributed by atoms with Crippen LogP contribution in [0.25, 0.3) is 0 Å². The zero-order valence-corrected chi connectivity index (χ0v) is 21.6. The number of rotatable bonds is 8. The molecule has 3 aromatic carbocycles. The number of hydrogen-bond acceptors (Lipinski definition) is 3. The lowest BCUT2D eigenvalue weighted by molar-refractivity contribution is -0.900. The van der Waals surface area contributed by atoms with Crippen LogP contribution in [0.1, 0.15) is 35.2 Å². The van der Waals surface area contributed by atoms with Gasteiger partial charge in [0.05, 0.1) is 43.4 Å². The van der Waals surface area contributed by atoms with Gasteiger partial charge in [-0.3, -0.25) is 0 Å². The molecular weight excluding hydrogens is 556 g/mol. The van der Waals surface area contributed by atoms with Crippen LogP contribution >= 0.6 is 0 Å². The van der Waals surface area contributed by atoms with Crippen molar-refractivity contribution < 1.29 is 58.0 Å². The average molecular weight is 580 g/mol. The molecule has 0 saturated heterocycles. The van der Waals surface area contributed by atoms with Crippen LogP contribution in [0.5, 0.6) is 17.2 Å². The van der Waals surface area contributed by atoms with Crippen molar-refractivity contribution in [1.82, 2.24) is 0 Å². The van der Waals surface area contributed by atoms with Crippen LogP contribution in [0.3, 0.4) is 0 Å². The van der Waals surface area contributed by atoms with Crippen molar-refractivity contribution in [3.8, 4) is 17.2 Å². The van der Waals surface area contributed by atoms with Crippen molar-refractivity contribution in [2.45, 2.75) is 31.5 Å². The first-order valence-electron chi connectivity index (χ1n) is 11.6. The molecule has 0 aromatic heterocycles. The summed E-state index contributed by atoms with van der Waals surface area (Å²) in [5.41, 5.74) is -2.77. The molecule has 14 heteroatoms. The largest absolute Gasteiger partial charge is 0.864 e. The number of hydrogen-bond donors (Lipinski definition) is 0. The van der Waals surface area contributed by atoms with Crippen LogP contribution in [0, 0.1) is 0 Å². The van der Waals surface area contributed by atoms with E-state index < -0.39 is 48.6 Å². The zero-order chi connectivity index (χ0) is 30.1. The second-order valence-corrected chi connectivity index (χ2v) is 9.73. The molecule has 40 heavy (non-hydrogen) atoms. The van der Waals surface area contributed by atoms with Crippen molar-refractivity contribution in [3.05, 3.63) is 89.0 Å². The van der Waals surface area contributed by atoms with Crippen LogP contribution in [0.15, 0.2) is 66.7 Å². The van der Waals surface area contributed by atoms with Crippen molar-refractivity contribution in [2.24, 2.45) is 0 Å². The third-order valence-electron chi connectivity index (χ3n) is 6.00. The van der Waals surface area contributed by atoms with Gasteiger partial charge >= 0.3 is 25.9 Å². The van der Waals surface area contributed by atoms with E-state index in [9.17, 15) is 39.5 Å². The topological polar surface area (TPSA) is 27.7 Å². The SMILES string of the molecule is CC(c1cc(C(F)(F)F)ccc1OB(Oc1ccc(C(F)(F)F)cc1)Oc1ccc(C(F)(F)F)cc1)[N+](C)(C)C. The Balaban J connectivity index is 2.00. The quantitative estimate of drug-likeness (QED) is 0.154. The van der Waals surface area contributed by atoms with E-state index in [-0.39, 0.29) is 27.3 Å². The number of benzene rings is 3. The molecular formula is C26H24BF9NO3+. The summed E-state index contributed by atoms with van der Waals surface area (Å²) in [5.74, 6) is -0.437. The lowest BCUT2D eigenvalue weighted by Gasteiger charge is -2.33. The van der Waals surface area contributed by atoms with E-state index in [2.05, 4.69) is 0 Å². The van der Waals surface area contributed by atoms with Gasteiger partial charge in [-0.2, -0.15) is 39.5 Å². The fraction of sp³-hybridized carbons (Fsp3) is 0.308. The molecule has 1 unspecified atom stereocenters. The maximum atomic E-state index is 13.5. The van der Waals surface area contributed by atoms with Gasteiger partial charge in [-0.25, -0.2) is 0 Å². The van der Waals surface area contributed by atoms with Gasteiger partial charge in [-0.05, 0) is 73.7 Å². The molecule has 0 fully saturated rings. The Morgan fingerprint density at radius 2 is 0.950 bits per heavy atom. The molecule has 0 saturated carbocycles. The number of quaternary nitrogens is 1. The predicted octanol–water partition coefficient (Wildman–Crippen LogP) is 8.03. The van der Waals surface area contributed by atoms with E-state index in [1.54, 1.807) is 28.1 Å². The van der Waals surface area contributed by atoms with Gasteiger partial charge < -0.3 is 18.4 Å². The number of alkyl halides is 9. The number of nitrogens with zero attached hydrogens (tertiary/aromatic N) is 1. The van der Waals surface area contributed by atoms with Crippen LogP contribution in [-0.2, 0) is 18.5 Å². The van der Waals surface area contributed by atoms with E-state index in [0.717, 1.165) is 66.7 Å². The minimum absolute atomic E-state index is 0.0997. The van der Waals surface area contributed by atoms with Gasteiger partial charge in [0.2, 0.25) is 0 Å². The van der Waals surface area contributed by atoms with E-state index >= 15 is 0 Å². The summed E-state index contributed by atoms with van der Waals surface area (Å²) in [6.45, 7) is 1.66. The van der Waals surface area contributed by atoms with Crippen LogP contribution in [0.4, 0.5) is 39.5 Å². The molecule has 0 radical (unpaired) electrons. The lowest BCUT2D eigenvalue weighted by Crippen LogP contribution is -2.40. The Labute approximate surface area is 224 Å². The standard InChI is InChI=1S/C26H24BF9NO3/c1-16(37(2,3)4)22-15-19(26(34,35)36)9-14-23(22)40-27(38-20-10-5-17(6-11-20)24(28,29)30)39-21-12-7-18(8-13-21)25(31,32)33/h5-16H,1-4H3/q+1. The molecule has 1 atom stereocenters. The predicted molar refractivity (Wildman–Crippen MR) is 128 cm³/mol. The highest BCUT2D eigenvalue weighted by Gasteiger charge is 2.38. The van der Waals surface area contributed by atoms with Gasteiger partial charge in [0.25, 0.3) is 0 Å². The van der Waals surface area contributed by atoms with Crippen LogP contribution in [-0.4, -0.2) is 32.9 Å². The first-order chi connectivity index (χ1) is 18.2. The van der Waals surface area contributed by atoms with Gasteiger partial charge in [0, 0.05) is 0 Å². The van der Waals surface area contributed by atoms with Crippen molar-refractivity contribution in [2.75, 3.05) is 21.1 Å². The highest BCUT2D eigenvalue weighted by molar-refractivity contribution is 6.39. The maximum Gasteiger partial charge on any atom is 0.864 e. The molecule has 0 aliphatic heterocycles. The Morgan fingerprint density at radius 1 is 0.575 bits per heavy atom. The van der Waals surface area contributed by atoms with E-state index in [4.69, 9.17) is 14.0 Å². The van der Waals surface area contributed by atoms with Crippen molar-refractivity contribution >= 4 is 7.32 Å². The fourth-order valence-corrected chi connectivity index (χ4v) is 3.42.